The van der Waals surface area contributed by atoms with Gasteiger partial charge in [0.2, 0.25) is 0 Å². The van der Waals surface area contributed by atoms with Crippen LogP contribution in [0.2, 0.25) is 0 Å². The first-order valence-corrected chi connectivity index (χ1v) is 3.78. The highest BCUT2D eigenvalue weighted by atomic mass is 16.1. The minimum Gasteiger partial charge on any atom is -0.300 e. The van der Waals surface area contributed by atoms with Gasteiger partial charge in [-0.05, 0) is 6.42 Å². The molecule has 0 spiro atoms. The van der Waals surface area contributed by atoms with E-state index >= 15 is 0 Å². The molecule has 0 aromatic carbocycles. The van der Waals surface area contributed by atoms with Gasteiger partial charge in [-0.2, -0.15) is 0 Å². The zero-order chi connectivity index (χ0) is 7.56. The number of Topliss-reactive ketones (excluding diaryl/α,β-unsaturated/α-hetero) is 2. The van der Waals surface area contributed by atoms with Crippen molar-refractivity contribution >= 4 is 11.6 Å². The van der Waals surface area contributed by atoms with Crippen molar-refractivity contribution in [3.8, 4) is 0 Å². The van der Waals surface area contributed by atoms with Gasteiger partial charge in [0, 0.05) is 25.2 Å². The molecular weight excluding hydrogens is 128 g/mol. The molecular formula is C8H12O2. The average molecular weight is 140 g/mol. The Balaban J connectivity index is 2.53. The molecule has 1 rings (SSSR count). The fourth-order valence-corrected chi connectivity index (χ4v) is 1.33. The predicted molar refractivity (Wildman–Crippen MR) is 37.6 cm³/mol. The normalized spacial score (nSPS) is 27.1. The number of carbonyl (C=O) groups is 2. The summed E-state index contributed by atoms with van der Waals surface area (Å²) in [6, 6.07) is 0. The summed E-state index contributed by atoms with van der Waals surface area (Å²) in [5.41, 5.74) is 0. The first-order chi connectivity index (χ1) is 4.74. The van der Waals surface area contributed by atoms with Crippen LogP contribution < -0.4 is 0 Å². The second kappa shape index (κ2) is 2.95. The Hall–Kier alpha value is -0.660. The second-order valence-corrected chi connectivity index (χ2v) is 2.81. The maximum atomic E-state index is 11.0. The lowest BCUT2D eigenvalue weighted by Crippen LogP contribution is -2.23. The van der Waals surface area contributed by atoms with E-state index in [0.717, 1.165) is 6.42 Å². The molecule has 0 aromatic heterocycles. The van der Waals surface area contributed by atoms with Crippen LogP contribution in [0.15, 0.2) is 0 Å². The van der Waals surface area contributed by atoms with Gasteiger partial charge in [-0.1, -0.05) is 6.92 Å². The molecule has 0 aromatic rings. The van der Waals surface area contributed by atoms with Crippen molar-refractivity contribution in [2.75, 3.05) is 0 Å². The lowest BCUT2D eigenvalue weighted by Gasteiger charge is -2.17. The Morgan fingerprint density at radius 2 is 2.10 bits per heavy atom. The summed E-state index contributed by atoms with van der Waals surface area (Å²) in [5.74, 6) is 0.579. The Kier molecular flexibility index (Phi) is 2.20. The van der Waals surface area contributed by atoms with Gasteiger partial charge in [-0.3, -0.25) is 9.59 Å². The van der Waals surface area contributed by atoms with E-state index in [2.05, 4.69) is 0 Å². The molecule has 56 valence electrons. The molecule has 0 radical (unpaired) electrons. The van der Waals surface area contributed by atoms with Crippen molar-refractivity contribution in [2.45, 2.75) is 32.6 Å². The van der Waals surface area contributed by atoms with Gasteiger partial charge in [0.05, 0.1) is 0 Å². The molecule has 0 unspecified atom stereocenters. The minimum atomic E-state index is 0.0428. The van der Waals surface area contributed by atoms with Crippen LogP contribution in [-0.2, 0) is 9.59 Å². The lowest BCUT2D eigenvalue weighted by molar-refractivity contribution is -0.133. The van der Waals surface area contributed by atoms with Gasteiger partial charge in [0.1, 0.15) is 11.6 Å². The van der Waals surface area contributed by atoms with Gasteiger partial charge >= 0.3 is 0 Å². The molecule has 2 heteroatoms. The van der Waals surface area contributed by atoms with E-state index in [1.54, 1.807) is 0 Å². The van der Waals surface area contributed by atoms with Crippen LogP contribution in [0.1, 0.15) is 32.6 Å². The molecule has 10 heavy (non-hydrogen) atoms. The molecule has 0 bridgehead atoms. The van der Waals surface area contributed by atoms with Crippen molar-refractivity contribution in [3.63, 3.8) is 0 Å². The highest BCUT2D eigenvalue weighted by molar-refractivity contribution is 5.94. The number of rotatable bonds is 1. The van der Waals surface area contributed by atoms with E-state index < -0.39 is 0 Å². The molecule has 1 aliphatic carbocycles. The first kappa shape index (κ1) is 7.45. The zero-order valence-electron chi connectivity index (χ0n) is 6.22. The van der Waals surface area contributed by atoms with Crippen LogP contribution >= 0.6 is 0 Å². The van der Waals surface area contributed by atoms with Crippen LogP contribution in [0.3, 0.4) is 0 Å². The van der Waals surface area contributed by atoms with Crippen LogP contribution in [0.25, 0.3) is 0 Å². The molecule has 1 saturated carbocycles. The molecule has 0 N–H and O–H groups in total. The van der Waals surface area contributed by atoms with Crippen molar-refractivity contribution in [2.24, 2.45) is 5.92 Å². The molecule has 0 heterocycles. The smallest absolute Gasteiger partial charge is 0.136 e. The molecule has 2 nitrogen and oxygen atoms in total. The van der Waals surface area contributed by atoms with Crippen LogP contribution in [0.4, 0.5) is 0 Å². The lowest BCUT2D eigenvalue weighted by atomic mass is 9.85. The quantitative estimate of drug-likeness (QED) is 0.550. The van der Waals surface area contributed by atoms with Gasteiger partial charge in [0.15, 0.2) is 0 Å². The fourth-order valence-electron chi connectivity index (χ4n) is 1.33. The summed E-state index contributed by atoms with van der Waals surface area (Å²) in [5, 5.41) is 0. The maximum absolute atomic E-state index is 11.0. The Morgan fingerprint density at radius 1 is 1.40 bits per heavy atom. The van der Waals surface area contributed by atoms with Crippen molar-refractivity contribution in [3.05, 3.63) is 0 Å². The largest absolute Gasteiger partial charge is 0.300 e. The summed E-state index contributed by atoms with van der Waals surface area (Å²) in [4.78, 5) is 21.8. The second-order valence-electron chi connectivity index (χ2n) is 2.81. The summed E-state index contributed by atoms with van der Waals surface area (Å²) in [7, 11) is 0. The van der Waals surface area contributed by atoms with Gasteiger partial charge < -0.3 is 0 Å². The van der Waals surface area contributed by atoms with Gasteiger partial charge in [-0.25, -0.2) is 0 Å². The van der Waals surface area contributed by atoms with E-state index in [1.165, 1.54) is 0 Å². The van der Waals surface area contributed by atoms with E-state index in [-0.39, 0.29) is 17.5 Å². The van der Waals surface area contributed by atoms with E-state index in [4.69, 9.17) is 0 Å². The monoisotopic (exact) mass is 140 g/mol. The number of hydrogen-bond acceptors (Lipinski definition) is 2. The molecule has 0 saturated heterocycles. The average Bonchev–Trinajstić information content (AvgIpc) is 1.94. The summed E-state index contributed by atoms with van der Waals surface area (Å²) < 4.78 is 0. The molecule has 0 aliphatic heterocycles. The van der Waals surface area contributed by atoms with Crippen LogP contribution in [0, 0.1) is 5.92 Å². The summed E-state index contributed by atoms with van der Waals surface area (Å²) >= 11 is 0. The van der Waals surface area contributed by atoms with Crippen molar-refractivity contribution < 1.29 is 9.59 Å². The molecule has 0 amide bonds. The van der Waals surface area contributed by atoms with E-state index in [9.17, 15) is 9.59 Å². The number of hydrogen-bond donors (Lipinski definition) is 0. The van der Waals surface area contributed by atoms with E-state index in [1.807, 2.05) is 6.92 Å². The number of ketones is 2. The zero-order valence-corrected chi connectivity index (χ0v) is 6.22. The topological polar surface area (TPSA) is 34.1 Å². The van der Waals surface area contributed by atoms with Crippen molar-refractivity contribution in [1.29, 1.82) is 0 Å². The third kappa shape index (κ3) is 1.43. The third-order valence-electron chi connectivity index (χ3n) is 2.07. The standard InChI is InChI=1S/C8H12O2/c1-2-6-5-7(9)3-4-8(6)10/h6H,2-5H2,1H3/t6-/m0/s1. The highest BCUT2D eigenvalue weighted by Crippen LogP contribution is 2.20. The van der Waals surface area contributed by atoms with Crippen molar-refractivity contribution in [1.82, 2.24) is 0 Å². The Bertz CT molecular complexity index is 161. The molecule has 1 atom stereocenters. The molecule has 1 aliphatic rings. The summed E-state index contributed by atoms with van der Waals surface area (Å²) in [6.45, 7) is 1.96. The molecule has 1 fully saturated rings. The number of carbonyl (C=O) groups excluding carboxylic acids is 2. The minimum absolute atomic E-state index is 0.0428. The Labute approximate surface area is 60.6 Å². The fraction of sp³-hybridized carbons (Fsp3) is 0.750. The summed E-state index contributed by atoms with van der Waals surface area (Å²) in [6.07, 6.45) is 2.28. The Morgan fingerprint density at radius 3 is 2.60 bits per heavy atom. The van der Waals surface area contributed by atoms with Crippen LogP contribution in [0.5, 0.6) is 0 Å². The van der Waals surface area contributed by atoms with Crippen LogP contribution in [-0.4, -0.2) is 11.6 Å². The van der Waals surface area contributed by atoms with Gasteiger partial charge in [-0.15, -0.1) is 0 Å². The maximum Gasteiger partial charge on any atom is 0.136 e. The third-order valence-corrected chi connectivity index (χ3v) is 2.07. The van der Waals surface area contributed by atoms with E-state index in [0.29, 0.717) is 19.3 Å². The predicted octanol–water partition coefficient (Wildman–Crippen LogP) is 1.33. The first-order valence-electron chi connectivity index (χ1n) is 3.78. The SMILES string of the molecule is CC[C@H]1CC(=O)CCC1=O. The highest BCUT2D eigenvalue weighted by Gasteiger charge is 2.24. The van der Waals surface area contributed by atoms with Gasteiger partial charge in [0.25, 0.3) is 0 Å².